The van der Waals surface area contributed by atoms with Crippen LogP contribution in [0.15, 0.2) is 24.3 Å². The van der Waals surface area contributed by atoms with E-state index in [0.29, 0.717) is 18.1 Å². The average molecular weight is 283 g/mol. The van der Waals surface area contributed by atoms with Crippen molar-refractivity contribution in [3.8, 4) is 0 Å². The molecule has 0 spiro atoms. The highest BCUT2D eigenvalue weighted by atomic mass is 35.5. The number of ether oxygens (including phenoxy) is 1. The summed E-state index contributed by atoms with van der Waals surface area (Å²) in [6.45, 7) is 1.01. The number of benzene rings is 1. The van der Waals surface area contributed by atoms with E-state index in [1.165, 1.54) is 0 Å². The minimum Gasteiger partial charge on any atom is -0.364 e. The highest BCUT2D eigenvalue weighted by Crippen LogP contribution is 2.21. The van der Waals surface area contributed by atoms with Gasteiger partial charge >= 0.3 is 0 Å². The summed E-state index contributed by atoms with van der Waals surface area (Å²) in [6.07, 6.45) is 1.28. The van der Waals surface area contributed by atoms with Crippen LogP contribution < -0.4 is 5.73 Å². The molecule has 0 radical (unpaired) electrons. The molecule has 2 N–H and O–H groups in total. The number of hydrogen-bond acceptors (Lipinski definition) is 3. The van der Waals surface area contributed by atoms with Crippen LogP contribution in [0, 0.1) is 0 Å². The van der Waals surface area contributed by atoms with E-state index in [4.69, 9.17) is 22.1 Å². The van der Waals surface area contributed by atoms with Gasteiger partial charge in [-0.3, -0.25) is 4.79 Å². The molecule has 1 amide bonds. The first kappa shape index (κ1) is 14.3. The van der Waals surface area contributed by atoms with Gasteiger partial charge in [0.05, 0.1) is 6.10 Å². The second-order valence-corrected chi connectivity index (χ2v) is 5.32. The Labute approximate surface area is 118 Å². The minimum absolute atomic E-state index is 0.0101. The normalized spacial score (nSPS) is 22.5. The Balaban J connectivity index is 1.93. The molecule has 1 saturated heterocycles. The van der Waals surface area contributed by atoms with Crippen molar-refractivity contribution in [2.45, 2.75) is 31.6 Å². The zero-order valence-electron chi connectivity index (χ0n) is 11.0. The van der Waals surface area contributed by atoms with E-state index < -0.39 is 0 Å². The first-order valence-electron chi connectivity index (χ1n) is 6.45. The van der Waals surface area contributed by atoms with Crippen molar-refractivity contribution < 1.29 is 9.53 Å². The van der Waals surface area contributed by atoms with Gasteiger partial charge in [-0.1, -0.05) is 23.7 Å². The number of carbonyl (C=O) groups is 1. The molecule has 104 valence electrons. The van der Waals surface area contributed by atoms with Gasteiger partial charge in [-0.25, -0.2) is 0 Å². The van der Waals surface area contributed by atoms with Crippen molar-refractivity contribution in [2.75, 3.05) is 13.6 Å². The van der Waals surface area contributed by atoms with Crippen molar-refractivity contribution in [3.05, 3.63) is 34.9 Å². The fourth-order valence-electron chi connectivity index (χ4n) is 2.29. The molecule has 2 unspecified atom stereocenters. The largest absolute Gasteiger partial charge is 0.364 e. The van der Waals surface area contributed by atoms with Crippen LogP contribution in [0.1, 0.15) is 18.4 Å². The molecule has 1 aliphatic rings. The van der Waals surface area contributed by atoms with Crippen molar-refractivity contribution in [1.82, 2.24) is 4.90 Å². The molecule has 0 bridgehead atoms. The maximum Gasteiger partial charge on any atom is 0.251 e. The zero-order valence-corrected chi connectivity index (χ0v) is 11.8. The molecule has 5 heteroatoms. The zero-order chi connectivity index (χ0) is 13.8. The second-order valence-electron chi connectivity index (χ2n) is 4.88. The fraction of sp³-hybridized carbons (Fsp3) is 0.500. The summed E-state index contributed by atoms with van der Waals surface area (Å²) in [7, 11) is 1.78. The van der Waals surface area contributed by atoms with Crippen LogP contribution in [0.5, 0.6) is 0 Å². The van der Waals surface area contributed by atoms with Crippen LogP contribution in [-0.4, -0.2) is 36.6 Å². The maximum atomic E-state index is 12.2. The van der Waals surface area contributed by atoms with Crippen molar-refractivity contribution in [3.63, 3.8) is 0 Å². The van der Waals surface area contributed by atoms with Gasteiger partial charge in [0.2, 0.25) is 0 Å². The Hall–Kier alpha value is -1.10. The Kier molecular flexibility index (Phi) is 4.80. The topological polar surface area (TPSA) is 55.6 Å². The second kappa shape index (κ2) is 6.37. The number of nitrogens with zero attached hydrogens (tertiary/aromatic N) is 1. The molecule has 0 aromatic heterocycles. The number of halogens is 1. The number of rotatable bonds is 4. The average Bonchev–Trinajstić information content (AvgIpc) is 2.86. The highest BCUT2D eigenvalue weighted by molar-refractivity contribution is 6.30. The molecule has 0 aliphatic carbocycles. The molecule has 2 rings (SSSR count). The van der Waals surface area contributed by atoms with E-state index >= 15 is 0 Å². The molecule has 4 nitrogen and oxygen atoms in total. The smallest absolute Gasteiger partial charge is 0.251 e. The molecular weight excluding hydrogens is 264 g/mol. The molecule has 0 saturated carbocycles. The fourth-order valence-corrected chi connectivity index (χ4v) is 2.51. The Morgan fingerprint density at radius 1 is 1.53 bits per heavy atom. The molecule has 19 heavy (non-hydrogen) atoms. The van der Waals surface area contributed by atoms with Crippen LogP contribution in [0.3, 0.4) is 0 Å². The van der Waals surface area contributed by atoms with Gasteiger partial charge in [-0.2, -0.15) is 0 Å². The third kappa shape index (κ3) is 3.69. The van der Waals surface area contributed by atoms with Crippen LogP contribution >= 0.6 is 11.6 Å². The Bertz CT molecular complexity index is 453. The molecule has 1 heterocycles. The summed E-state index contributed by atoms with van der Waals surface area (Å²) in [5, 5.41) is 0.679. The SMILES string of the molecule is CN(Cc1cccc(Cl)c1)C(=O)C1CCC(CN)O1. The third-order valence-corrected chi connectivity index (χ3v) is 3.57. The number of hydrogen-bond donors (Lipinski definition) is 1. The lowest BCUT2D eigenvalue weighted by atomic mass is 10.1. The summed E-state index contributed by atoms with van der Waals surface area (Å²) in [4.78, 5) is 13.9. The third-order valence-electron chi connectivity index (χ3n) is 3.33. The van der Waals surface area contributed by atoms with Crippen LogP contribution in [0.4, 0.5) is 0 Å². The van der Waals surface area contributed by atoms with Gasteiger partial charge in [-0.05, 0) is 30.5 Å². The number of nitrogens with two attached hydrogens (primary N) is 1. The minimum atomic E-state index is -0.349. The summed E-state index contributed by atoms with van der Waals surface area (Å²) in [5.41, 5.74) is 6.56. The Morgan fingerprint density at radius 2 is 2.32 bits per heavy atom. The molecule has 1 aromatic carbocycles. The number of carbonyl (C=O) groups excluding carboxylic acids is 1. The van der Waals surface area contributed by atoms with Gasteiger partial charge in [0, 0.05) is 25.2 Å². The van der Waals surface area contributed by atoms with E-state index in [9.17, 15) is 4.79 Å². The van der Waals surface area contributed by atoms with E-state index in [1.807, 2.05) is 24.3 Å². The predicted octanol–water partition coefficient (Wildman–Crippen LogP) is 1.80. The number of likely N-dealkylation sites (N-methyl/N-ethyl adjacent to an activating group) is 1. The van der Waals surface area contributed by atoms with Gasteiger partial charge in [0.1, 0.15) is 6.10 Å². The Morgan fingerprint density at radius 3 is 2.95 bits per heavy atom. The lowest BCUT2D eigenvalue weighted by Gasteiger charge is -2.21. The standard InChI is InChI=1S/C14H19ClN2O2/c1-17(9-10-3-2-4-11(15)7-10)14(18)13-6-5-12(8-16)19-13/h2-4,7,12-13H,5-6,8-9,16H2,1H3. The number of amides is 1. The first-order valence-corrected chi connectivity index (χ1v) is 6.83. The highest BCUT2D eigenvalue weighted by Gasteiger charge is 2.31. The molecular formula is C14H19ClN2O2. The van der Waals surface area contributed by atoms with Gasteiger partial charge in [0.15, 0.2) is 0 Å². The lowest BCUT2D eigenvalue weighted by molar-refractivity contribution is -0.141. The first-order chi connectivity index (χ1) is 9.10. The lowest BCUT2D eigenvalue weighted by Crippen LogP contribution is -2.36. The molecule has 2 atom stereocenters. The summed E-state index contributed by atoms with van der Waals surface area (Å²) >= 11 is 5.93. The van der Waals surface area contributed by atoms with Crippen LogP contribution in [0.2, 0.25) is 5.02 Å². The molecule has 1 aromatic rings. The molecule has 1 aliphatic heterocycles. The quantitative estimate of drug-likeness (QED) is 0.916. The van der Waals surface area contributed by atoms with E-state index in [-0.39, 0.29) is 18.1 Å². The monoisotopic (exact) mass is 282 g/mol. The van der Waals surface area contributed by atoms with Gasteiger partial charge in [-0.15, -0.1) is 0 Å². The van der Waals surface area contributed by atoms with Gasteiger partial charge < -0.3 is 15.4 Å². The van der Waals surface area contributed by atoms with Crippen LogP contribution in [0.25, 0.3) is 0 Å². The maximum absolute atomic E-state index is 12.2. The summed E-state index contributed by atoms with van der Waals surface area (Å²) in [5.74, 6) is 0.0101. The van der Waals surface area contributed by atoms with E-state index in [0.717, 1.165) is 18.4 Å². The van der Waals surface area contributed by atoms with Crippen molar-refractivity contribution in [2.24, 2.45) is 5.73 Å². The van der Waals surface area contributed by atoms with E-state index in [1.54, 1.807) is 11.9 Å². The summed E-state index contributed by atoms with van der Waals surface area (Å²) in [6, 6.07) is 7.52. The van der Waals surface area contributed by atoms with Crippen molar-refractivity contribution in [1.29, 1.82) is 0 Å². The van der Waals surface area contributed by atoms with Crippen LogP contribution in [-0.2, 0) is 16.1 Å². The molecule has 1 fully saturated rings. The summed E-state index contributed by atoms with van der Waals surface area (Å²) < 4.78 is 5.61. The van der Waals surface area contributed by atoms with Crippen molar-refractivity contribution >= 4 is 17.5 Å². The van der Waals surface area contributed by atoms with Gasteiger partial charge in [0.25, 0.3) is 5.91 Å². The predicted molar refractivity (Wildman–Crippen MR) is 74.9 cm³/mol. The van der Waals surface area contributed by atoms with E-state index in [2.05, 4.69) is 0 Å².